The number of para-hydroxylation sites is 1. The van der Waals surface area contributed by atoms with Crippen molar-refractivity contribution >= 4 is 11.0 Å². The van der Waals surface area contributed by atoms with Crippen LogP contribution in [0.1, 0.15) is 24.1 Å². The molecule has 0 bridgehead atoms. The first-order valence-electron chi connectivity index (χ1n) is 7.48. The molecule has 110 valence electrons. The Morgan fingerprint density at radius 3 is 2.77 bits per heavy atom. The van der Waals surface area contributed by atoms with Crippen LogP contribution in [0.15, 0.2) is 45.6 Å². The highest BCUT2D eigenvalue weighted by Crippen LogP contribution is 2.33. The van der Waals surface area contributed by atoms with Gasteiger partial charge in [-0.2, -0.15) is 0 Å². The van der Waals surface area contributed by atoms with Crippen molar-refractivity contribution < 1.29 is 9.52 Å². The summed E-state index contributed by atoms with van der Waals surface area (Å²) in [6.07, 6.45) is 4.24. The summed E-state index contributed by atoms with van der Waals surface area (Å²) in [4.78, 5) is 16.8. The summed E-state index contributed by atoms with van der Waals surface area (Å²) >= 11 is 0. The quantitative estimate of drug-likeness (QED) is 0.698. The van der Waals surface area contributed by atoms with Gasteiger partial charge in [-0.3, -0.25) is 4.98 Å². The van der Waals surface area contributed by atoms with Crippen LogP contribution in [0.3, 0.4) is 0 Å². The predicted octanol–water partition coefficient (Wildman–Crippen LogP) is 3.44. The number of nitrogens with zero attached hydrogens (tertiary/aromatic N) is 1. The number of pyridine rings is 1. The number of hydrogen-bond donors (Lipinski definition) is 1. The number of aryl methyl sites for hydroxylation is 2. The molecular weight excluding hydrogens is 278 g/mol. The van der Waals surface area contributed by atoms with E-state index < -0.39 is 5.63 Å². The van der Waals surface area contributed by atoms with Crippen LogP contribution < -0.4 is 5.63 Å². The first-order valence-corrected chi connectivity index (χ1v) is 7.48. The molecule has 4 nitrogen and oxygen atoms in total. The van der Waals surface area contributed by atoms with Crippen LogP contribution in [0.25, 0.3) is 22.2 Å². The minimum Gasteiger partial charge on any atom is -0.506 e. The molecule has 4 heteroatoms. The minimum atomic E-state index is -0.556. The van der Waals surface area contributed by atoms with Crippen LogP contribution >= 0.6 is 0 Å². The van der Waals surface area contributed by atoms with Crippen molar-refractivity contribution in [3.05, 3.63) is 58.1 Å². The van der Waals surface area contributed by atoms with E-state index in [1.807, 2.05) is 6.07 Å². The molecule has 0 aliphatic heterocycles. The third kappa shape index (κ3) is 1.99. The Hall–Kier alpha value is -2.62. The van der Waals surface area contributed by atoms with Crippen LogP contribution in [-0.2, 0) is 12.8 Å². The van der Waals surface area contributed by atoms with Gasteiger partial charge in [0, 0.05) is 5.69 Å². The number of benzene rings is 1. The summed E-state index contributed by atoms with van der Waals surface area (Å²) in [5.74, 6) is -0.0601. The predicted molar refractivity (Wildman–Crippen MR) is 84.0 cm³/mol. The summed E-state index contributed by atoms with van der Waals surface area (Å²) in [5.41, 5.74) is 2.71. The fourth-order valence-electron chi connectivity index (χ4n) is 3.08. The molecule has 1 aliphatic carbocycles. The average molecular weight is 293 g/mol. The Balaban J connectivity index is 1.96. The maximum atomic E-state index is 12.3. The first kappa shape index (κ1) is 13.1. The monoisotopic (exact) mass is 293 g/mol. The SMILES string of the molecule is O=c1oc2ccccc2c(O)c1-c1ccc2c(n1)CCCC2. The van der Waals surface area contributed by atoms with Crippen molar-refractivity contribution in [2.45, 2.75) is 25.7 Å². The van der Waals surface area contributed by atoms with Gasteiger partial charge in [-0.05, 0) is 49.4 Å². The molecule has 1 aliphatic rings. The highest BCUT2D eigenvalue weighted by atomic mass is 16.4. The zero-order valence-corrected chi connectivity index (χ0v) is 12.0. The molecule has 0 saturated carbocycles. The van der Waals surface area contributed by atoms with Crippen LogP contribution in [0, 0.1) is 0 Å². The zero-order valence-electron chi connectivity index (χ0n) is 12.0. The second kappa shape index (κ2) is 4.98. The van der Waals surface area contributed by atoms with Crippen molar-refractivity contribution in [2.24, 2.45) is 0 Å². The molecule has 1 N–H and O–H groups in total. The van der Waals surface area contributed by atoms with Crippen molar-refractivity contribution in [1.82, 2.24) is 4.98 Å². The van der Waals surface area contributed by atoms with Crippen molar-refractivity contribution in [2.75, 3.05) is 0 Å². The lowest BCUT2D eigenvalue weighted by molar-refractivity contribution is 0.471. The van der Waals surface area contributed by atoms with Gasteiger partial charge < -0.3 is 9.52 Å². The third-order valence-electron chi connectivity index (χ3n) is 4.22. The van der Waals surface area contributed by atoms with E-state index in [1.165, 1.54) is 12.0 Å². The Morgan fingerprint density at radius 2 is 1.86 bits per heavy atom. The Kier molecular flexibility index (Phi) is 2.96. The molecule has 0 radical (unpaired) electrons. The average Bonchev–Trinajstić information content (AvgIpc) is 2.55. The second-order valence-electron chi connectivity index (χ2n) is 5.62. The van der Waals surface area contributed by atoms with Gasteiger partial charge in [0.05, 0.1) is 11.1 Å². The van der Waals surface area contributed by atoms with Gasteiger partial charge in [0.25, 0.3) is 0 Å². The third-order valence-corrected chi connectivity index (χ3v) is 4.22. The molecule has 4 rings (SSSR count). The Bertz CT molecular complexity index is 927. The number of aromatic hydroxyl groups is 1. The lowest BCUT2D eigenvalue weighted by Crippen LogP contribution is -2.09. The molecule has 0 unspecified atom stereocenters. The topological polar surface area (TPSA) is 63.3 Å². The summed E-state index contributed by atoms with van der Waals surface area (Å²) in [6, 6.07) is 10.8. The van der Waals surface area contributed by atoms with E-state index in [9.17, 15) is 9.90 Å². The summed E-state index contributed by atoms with van der Waals surface area (Å²) in [7, 11) is 0. The van der Waals surface area contributed by atoms with Crippen LogP contribution in [-0.4, -0.2) is 10.1 Å². The highest BCUT2D eigenvalue weighted by molar-refractivity contribution is 5.89. The largest absolute Gasteiger partial charge is 0.506 e. The van der Waals surface area contributed by atoms with E-state index in [0.717, 1.165) is 25.0 Å². The number of hydrogen-bond acceptors (Lipinski definition) is 4. The van der Waals surface area contributed by atoms with Gasteiger partial charge in [0.15, 0.2) is 0 Å². The molecular formula is C18H15NO3. The number of fused-ring (bicyclic) bond motifs is 2. The van der Waals surface area contributed by atoms with Gasteiger partial charge in [-0.1, -0.05) is 18.2 Å². The van der Waals surface area contributed by atoms with E-state index in [1.54, 1.807) is 30.3 Å². The number of aromatic nitrogens is 1. The zero-order chi connectivity index (χ0) is 15.1. The maximum absolute atomic E-state index is 12.3. The van der Waals surface area contributed by atoms with Gasteiger partial charge in [0.1, 0.15) is 16.9 Å². The molecule has 3 aromatic rings. The molecule has 0 saturated heterocycles. The normalized spacial score (nSPS) is 14.0. The van der Waals surface area contributed by atoms with E-state index in [-0.39, 0.29) is 11.3 Å². The molecule has 2 heterocycles. The van der Waals surface area contributed by atoms with Crippen LogP contribution in [0.4, 0.5) is 0 Å². The van der Waals surface area contributed by atoms with Gasteiger partial charge >= 0.3 is 5.63 Å². The van der Waals surface area contributed by atoms with Crippen LogP contribution in [0.2, 0.25) is 0 Å². The molecule has 0 amide bonds. The van der Waals surface area contributed by atoms with Crippen LogP contribution in [0.5, 0.6) is 5.75 Å². The summed E-state index contributed by atoms with van der Waals surface area (Å²) in [6.45, 7) is 0. The molecule has 0 fully saturated rings. The minimum absolute atomic E-state index is 0.0601. The highest BCUT2D eigenvalue weighted by Gasteiger charge is 2.19. The fraction of sp³-hybridized carbons (Fsp3) is 0.222. The molecule has 0 spiro atoms. The van der Waals surface area contributed by atoms with Gasteiger partial charge in [-0.15, -0.1) is 0 Å². The molecule has 1 aromatic carbocycles. The van der Waals surface area contributed by atoms with Gasteiger partial charge in [-0.25, -0.2) is 4.79 Å². The second-order valence-corrected chi connectivity index (χ2v) is 5.62. The smallest absolute Gasteiger partial charge is 0.349 e. The van der Waals surface area contributed by atoms with Crippen molar-refractivity contribution in [1.29, 1.82) is 0 Å². The Morgan fingerprint density at radius 1 is 1.05 bits per heavy atom. The van der Waals surface area contributed by atoms with E-state index >= 15 is 0 Å². The van der Waals surface area contributed by atoms with E-state index in [2.05, 4.69) is 4.98 Å². The molecule has 22 heavy (non-hydrogen) atoms. The Labute approximate surface area is 127 Å². The first-order chi connectivity index (χ1) is 10.7. The van der Waals surface area contributed by atoms with E-state index in [0.29, 0.717) is 16.7 Å². The lowest BCUT2D eigenvalue weighted by atomic mass is 9.95. The summed E-state index contributed by atoms with van der Waals surface area (Å²) < 4.78 is 5.32. The van der Waals surface area contributed by atoms with E-state index in [4.69, 9.17) is 4.42 Å². The number of rotatable bonds is 1. The fourth-order valence-corrected chi connectivity index (χ4v) is 3.08. The standard InChI is InChI=1S/C18H15NO3/c20-17-12-6-2-4-8-15(12)22-18(21)16(17)14-10-9-11-5-1-3-7-13(11)19-14/h2,4,6,8-10,20H,1,3,5,7H2. The van der Waals surface area contributed by atoms with Crippen molar-refractivity contribution in [3.63, 3.8) is 0 Å². The van der Waals surface area contributed by atoms with Gasteiger partial charge in [0.2, 0.25) is 0 Å². The molecule has 2 aromatic heterocycles. The summed E-state index contributed by atoms with van der Waals surface area (Å²) in [5, 5.41) is 11.0. The molecule has 0 atom stereocenters. The van der Waals surface area contributed by atoms with Crippen molar-refractivity contribution in [3.8, 4) is 17.0 Å². The maximum Gasteiger partial charge on any atom is 0.349 e. The lowest BCUT2D eigenvalue weighted by Gasteiger charge is -2.15.